The van der Waals surface area contributed by atoms with E-state index in [4.69, 9.17) is 45.3 Å². The Balaban J connectivity index is 1.66. The number of hydrogen-bond acceptors (Lipinski definition) is 9. The average Bonchev–Trinajstić information content (AvgIpc) is 2.79. The highest BCUT2D eigenvalue weighted by atomic mass is 35.6. The molecule has 2 unspecified atom stereocenters. The highest BCUT2D eigenvalue weighted by Gasteiger charge is 2.54. The van der Waals surface area contributed by atoms with Crippen molar-refractivity contribution in [1.82, 2.24) is 15.5 Å². The summed E-state index contributed by atoms with van der Waals surface area (Å²) in [6, 6.07) is 3.47. The number of carboxylic acids is 1. The molecule has 1 saturated heterocycles. The molecule has 4 amide bonds. The van der Waals surface area contributed by atoms with Crippen LogP contribution in [0.4, 0.5) is 4.79 Å². The first kappa shape index (κ1) is 26.9. The van der Waals surface area contributed by atoms with Gasteiger partial charge in [0.05, 0.1) is 0 Å². The van der Waals surface area contributed by atoms with E-state index in [1.165, 1.54) is 24.3 Å². The maximum Gasteiger partial charge on any atom is 0.414 e. The third-order valence-electron chi connectivity index (χ3n) is 4.93. The maximum absolute atomic E-state index is 12.7. The van der Waals surface area contributed by atoms with E-state index in [1.807, 2.05) is 0 Å². The van der Waals surface area contributed by atoms with Crippen molar-refractivity contribution in [2.24, 2.45) is 5.73 Å². The lowest BCUT2D eigenvalue weighted by Gasteiger charge is -2.49. The predicted molar refractivity (Wildman–Crippen MR) is 125 cm³/mol. The molecule has 0 aromatic heterocycles. The number of hydrogen-bond donors (Lipinski definition) is 5. The number of rotatable bonds is 6. The summed E-state index contributed by atoms with van der Waals surface area (Å²) < 4.78 is 2.42. The van der Waals surface area contributed by atoms with Gasteiger partial charge in [-0.1, -0.05) is 46.9 Å². The Morgan fingerprint density at radius 1 is 1.23 bits per heavy atom. The second kappa shape index (κ2) is 10.5. The predicted octanol–water partition coefficient (Wildman–Crippen LogP) is 0.754. The molecule has 3 atom stereocenters. The number of halogens is 3. The summed E-state index contributed by atoms with van der Waals surface area (Å²) in [5, 5.41) is 22.5. The number of nitrogens with zero attached hydrogens (tertiary/aromatic N) is 1. The number of phenolic OH excluding ortho intramolecular Hbond substituents is 1. The standard InChI is InChI=1S/C19H17Cl3N4O8S/c20-19(21,22)17(32)25-18(33)34-5-8-6-35-15-11(14(29)26(15)12(8)16(30)31)24-13(28)10(23)7-1-3-9(27)4-2-7/h1-4,10-11,15,27H,5-6,23H2,(H,24,28)(H,30,31)(H,25,32,33)/t10?,11?,15-/m1/s1. The van der Waals surface area contributed by atoms with Gasteiger partial charge in [0.15, 0.2) is 0 Å². The van der Waals surface area contributed by atoms with E-state index in [-0.39, 0.29) is 17.1 Å². The monoisotopic (exact) mass is 566 g/mol. The second-order valence-corrected chi connectivity index (χ2v) is 10.6. The summed E-state index contributed by atoms with van der Waals surface area (Å²) in [6.07, 6.45) is -1.28. The number of benzene rings is 1. The third-order valence-corrected chi connectivity index (χ3v) is 6.79. The van der Waals surface area contributed by atoms with Crippen LogP contribution < -0.4 is 16.4 Å². The number of thioether (sulfide) groups is 1. The molecule has 16 heteroatoms. The van der Waals surface area contributed by atoms with Crippen molar-refractivity contribution in [3.05, 3.63) is 41.1 Å². The smallest absolute Gasteiger partial charge is 0.414 e. The van der Waals surface area contributed by atoms with E-state index in [9.17, 15) is 34.2 Å². The molecule has 12 nitrogen and oxygen atoms in total. The number of carboxylic acid groups (broad SMARTS) is 1. The molecule has 0 saturated carbocycles. The van der Waals surface area contributed by atoms with E-state index in [2.05, 4.69) is 5.32 Å². The van der Waals surface area contributed by atoms with Crippen molar-refractivity contribution in [1.29, 1.82) is 0 Å². The molecule has 0 aliphatic carbocycles. The fraction of sp³-hybridized carbons (Fsp3) is 0.316. The van der Waals surface area contributed by atoms with E-state index in [0.717, 1.165) is 16.7 Å². The van der Waals surface area contributed by atoms with Gasteiger partial charge >= 0.3 is 12.1 Å². The number of aromatic hydroxyl groups is 1. The van der Waals surface area contributed by atoms with Crippen molar-refractivity contribution >= 4 is 76.3 Å². The molecule has 0 spiro atoms. The number of ether oxygens (including phenoxy) is 1. The second-order valence-electron chi connectivity index (χ2n) is 7.25. The minimum Gasteiger partial charge on any atom is -0.508 e. The van der Waals surface area contributed by atoms with Crippen LogP contribution in [0.2, 0.25) is 0 Å². The summed E-state index contributed by atoms with van der Waals surface area (Å²) in [7, 11) is 0. The fourth-order valence-electron chi connectivity index (χ4n) is 3.22. The molecule has 0 radical (unpaired) electrons. The van der Waals surface area contributed by atoms with Gasteiger partial charge in [-0.3, -0.25) is 24.6 Å². The number of aliphatic carboxylic acids is 1. The topological polar surface area (TPSA) is 188 Å². The Bertz CT molecular complexity index is 1110. The molecule has 35 heavy (non-hydrogen) atoms. The number of alkyl carbamates (subject to hydrolysis) is 1. The normalized spacial score (nSPS) is 20.3. The van der Waals surface area contributed by atoms with Gasteiger partial charge in [-0.05, 0) is 17.7 Å². The van der Waals surface area contributed by atoms with Crippen molar-refractivity contribution < 1.29 is 38.9 Å². The van der Waals surface area contributed by atoms with Gasteiger partial charge in [-0.2, -0.15) is 0 Å². The van der Waals surface area contributed by atoms with Crippen molar-refractivity contribution in [2.75, 3.05) is 12.4 Å². The maximum atomic E-state index is 12.7. The molecule has 1 aromatic rings. The minimum absolute atomic E-state index is 0.00752. The molecule has 0 bridgehead atoms. The zero-order valence-corrected chi connectivity index (χ0v) is 20.5. The quantitative estimate of drug-likeness (QED) is 0.242. The number of fused-ring (bicyclic) bond motifs is 1. The molecule has 1 aromatic carbocycles. The van der Waals surface area contributed by atoms with Crippen LogP contribution in [0.25, 0.3) is 0 Å². The Kier molecular flexibility index (Phi) is 8.07. The van der Waals surface area contributed by atoms with Gasteiger partial charge in [0.1, 0.15) is 35.5 Å². The summed E-state index contributed by atoms with van der Waals surface area (Å²) in [5.74, 6) is -4.05. The summed E-state index contributed by atoms with van der Waals surface area (Å²) in [4.78, 5) is 61.3. The first-order valence-electron chi connectivity index (χ1n) is 9.61. The molecular weight excluding hydrogens is 551 g/mol. The number of alkyl halides is 3. The Morgan fingerprint density at radius 2 is 1.86 bits per heavy atom. The first-order valence-corrected chi connectivity index (χ1v) is 11.8. The first-order chi connectivity index (χ1) is 16.3. The number of nitrogens with two attached hydrogens (primary N) is 1. The third kappa shape index (κ3) is 5.93. The zero-order valence-electron chi connectivity index (χ0n) is 17.4. The summed E-state index contributed by atoms with van der Waals surface area (Å²) in [6.45, 7) is -0.563. The lowest BCUT2D eigenvalue weighted by molar-refractivity contribution is -0.151. The Morgan fingerprint density at radius 3 is 2.43 bits per heavy atom. The molecule has 3 rings (SSSR count). The van der Waals surface area contributed by atoms with E-state index >= 15 is 0 Å². The van der Waals surface area contributed by atoms with Crippen LogP contribution in [0, 0.1) is 0 Å². The number of carbonyl (C=O) groups excluding carboxylic acids is 4. The molecule has 2 aliphatic heterocycles. The number of β-lactam (4-membered cyclic amide) rings is 1. The van der Waals surface area contributed by atoms with E-state index < -0.39 is 63.3 Å². The number of carbonyl (C=O) groups is 5. The van der Waals surface area contributed by atoms with Gasteiger partial charge in [-0.15, -0.1) is 11.8 Å². The molecule has 6 N–H and O–H groups in total. The van der Waals surface area contributed by atoms with E-state index in [0.29, 0.717) is 5.56 Å². The summed E-state index contributed by atoms with van der Waals surface area (Å²) in [5.41, 5.74) is 5.99. The number of imide groups is 1. The van der Waals surface area contributed by atoms with Gasteiger partial charge in [-0.25, -0.2) is 9.59 Å². The molecule has 1 fully saturated rings. The van der Waals surface area contributed by atoms with Crippen LogP contribution in [-0.4, -0.2) is 72.5 Å². The average molecular weight is 568 g/mol. The van der Waals surface area contributed by atoms with Crippen LogP contribution in [0.15, 0.2) is 35.5 Å². The Labute approximate surface area is 216 Å². The molecule has 2 heterocycles. The lowest BCUT2D eigenvalue weighted by atomic mass is 10.0. The van der Waals surface area contributed by atoms with Gasteiger partial charge in [0.2, 0.25) is 5.91 Å². The summed E-state index contributed by atoms with van der Waals surface area (Å²) >= 11 is 17.1. The van der Waals surface area contributed by atoms with Crippen molar-refractivity contribution in [2.45, 2.75) is 21.3 Å². The highest BCUT2D eigenvalue weighted by molar-refractivity contribution is 8.00. The molecule has 2 aliphatic rings. The molecular formula is C19H17Cl3N4O8S. The zero-order chi connectivity index (χ0) is 26.1. The number of phenols is 1. The van der Waals surface area contributed by atoms with Crippen LogP contribution in [0.1, 0.15) is 11.6 Å². The lowest BCUT2D eigenvalue weighted by Crippen LogP contribution is -2.71. The van der Waals surface area contributed by atoms with Crippen LogP contribution in [0.3, 0.4) is 0 Å². The van der Waals surface area contributed by atoms with Crippen molar-refractivity contribution in [3.63, 3.8) is 0 Å². The number of nitrogens with one attached hydrogen (secondary N) is 2. The van der Waals surface area contributed by atoms with Gasteiger partial charge in [0, 0.05) is 11.3 Å². The van der Waals surface area contributed by atoms with Crippen LogP contribution in [-0.2, 0) is 23.9 Å². The number of amides is 4. The molecule has 188 valence electrons. The fourth-order valence-corrected chi connectivity index (χ4v) is 4.69. The van der Waals surface area contributed by atoms with Crippen LogP contribution >= 0.6 is 46.6 Å². The van der Waals surface area contributed by atoms with Crippen LogP contribution in [0.5, 0.6) is 5.75 Å². The van der Waals surface area contributed by atoms with Gasteiger partial charge in [0.25, 0.3) is 15.6 Å². The largest absolute Gasteiger partial charge is 0.508 e. The van der Waals surface area contributed by atoms with Gasteiger partial charge < -0.3 is 26.0 Å². The van der Waals surface area contributed by atoms with E-state index in [1.54, 1.807) is 5.32 Å². The minimum atomic E-state index is -2.41. The SMILES string of the molecule is NC(C(=O)NC1C(=O)N2C(C(=O)O)=C(COC(=O)NC(=O)C(Cl)(Cl)Cl)CS[C@H]12)c1ccc(O)cc1. The van der Waals surface area contributed by atoms with Crippen molar-refractivity contribution in [3.8, 4) is 5.75 Å². The Hall–Kier alpha value is -2.71. The highest BCUT2D eigenvalue weighted by Crippen LogP contribution is 2.40.